The average Bonchev–Trinajstić information content (AvgIpc) is 3.11. The quantitative estimate of drug-likeness (QED) is 0.881. The van der Waals surface area contributed by atoms with Crippen LogP contribution in [0.15, 0.2) is 18.2 Å². The minimum absolute atomic E-state index is 0.0389. The maximum Gasteiger partial charge on any atom is 0.254 e. The number of carbonyl (C=O) groups is 2. The monoisotopic (exact) mass is 344 g/mol. The van der Waals surface area contributed by atoms with Gasteiger partial charge in [0.1, 0.15) is 0 Å². The Balaban J connectivity index is 1.69. The van der Waals surface area contributed by atoms with Gasteiger partial charge in [-0.3, -0.25) is 9.59 Å². The Morgan fingerprint density at radius 3 is 2.48 bits per heavy atom. The number of hydrogen-bond donors (Lipinski definition) is 2. The molecular formula is C20H28N2O3. The molecule has 2 aliphatic rings. The van der Waals surface area contributed by atoms with E-state index in [1.165, 1.54) is 0 Å². The average molecular weight is 344 g/mol. The van der Waals surface area contributed by atoms with Crippen molar-refractivity contribution in [3.05, 3.63) is 29.3 Å². The minimum atomic E-state index is -0.876. The molecule has 0 aromatic heterocycles. The van der Waals surface area contributed by atoms with Crippen molar-refractivity contribution in [2.24, 2.45) is 0 Å². The Morgan fingerprint density at radius 2 is 1.80 bits per heavy atom. The Bertz CT molecular complexity index is 644. The minimum Gasteiger partial charge on any atom is -0.389 e. The fraction of sp³-hybridized carbons (Fsp3) is 0.600. The number of benzene rings is 1. The lowest BCUT2D eigenvalue weighted by atomic mass is 9.82. The SMILES string of the molecule is Cc1c(NC(=O)CC2(O)CCCCC2)cccc1C(=O)N1CCCC1. The maximum atomic E-state index is 12.6. The zero-order valence-electron chi connectivity index (χ0n) is 15.0. The van der Waals surface area contributed by atoms with E-state index in [9.17, 15) is 14.7 Å². The predicted molar refractivity (Wildman–Crippen MR) is 97.6 cm³/mol. The molecule has 1 saturated carbocycles. The number of rotatable bonds is 4. The summed E-state index contributed by atoms with van der Waals surface area (Å²) >= 11 is 0. The lowest BCUT2D eigenvalue weighted by Crippen LogP contribution is -2.36. The molecular weight excluding hydrogens is 316 g/mol. The van der Waals surface area contributed by atoms with Crippen LogP contribution in [0.3, 0.4) is 0 Å². The van der Waals surface area contributed by atoms with Crippen LogP contribution in [0, 0.1) is 6.92 Å². The first-order valence-electron chi connectivity index (χ1n) is 9.40. The van der Waals surface area contributed by atoms with Crippen LogP contribution in [-0.2, 0) is 4.79 Å². The number of amides is 2. The fourth-order valence-electron chi connectivity index (χ4n) is 3.97. The van der Waals surface area contributed by atoms with Crippen molar-refractivity contribution in [2.75, 3.05) is 18.4 Å². The van der Waals surface area contributed by atoms with Gasteiger partial charge in [-0.25, -0.2) is 0 Å². The van der Waals surface area contributed by atoms with Crippen LogP contribution < -0.4 is 5.32 Å². The fourth-order valence-corrected chi connectivity index (χ4v) is 3.97. The zero-order valence-corrected chi connectivity index (χ0v) is 15.0. The summed E-state index contributed by atoms with van der Waals surface area (Å²) in [7, 11) is 0. The van der Waals surface area contributed by atoms with Gasteiger partial charge in [-0.1, -0.05) is 25.3 Å². The molecule has 0 spiro atoms. The van der Waals surface area contributed by atoms with E-state index in [1.54, 1.807) is 6.07 Å². The van der Waals surface area contributed by atoms with Gasteiger partial charge in [-0.15, -0.1) is 0 Å². The Labute approximate surface area is 149 Å². The lowest BCUT2D eigenvalue weighted by molar-refractivity contribution is -0.122. The second-order valence-corrected chi connectivity index (χ2v) is 7.49. The first kappa shape index (κ1) is 17.9. The summed E-state index contributed by atoms with van der Waals surface area (Å²) in [5.74, 6) is -0.143. The van der Waals surface area contributed by atoms with Crippen molar-refractivity contribution >= 4 is 17.5 Å². The summed E-state index contributed by atoms with van der Waals surface area (Å²) < 4.78 is 0. The molecule has 0 bridgehead atoms. The molecule has 5 nitrogen and oxygen atoms in total. The topological polar surface area (TPSA) is 69.6 Å². The van der Waals surface area contributed by atoms with E-state index in [0.717, 1.165) is 50.8 Å². The molecule has 2 fully saturated rings. The molecule has 136 valence electrons. The zero-order chi connectivity index (χ0) is 17.9. The van der Waals surface area contributed by atoms with Crippen LogP contribution in [0.1, 0.15) is 67.3 Å². The third-order valence-electron chi connectivity index (χ3n) is 5.51. The number of carbonyl (C=O) groups excluding carboxylic acids is 2. The second-order valence-electron chi connectivity index (χ2n) is 7.49. The molecule has 1 aromatic rings. The van der Waals surface area contributed by atoms with E-state index in [-0.39, 0.29) is 18.2 Å². The molecule has 1 aliphatic heterocycles. The van der Waals surface area contributed by atoms with E-state index >= 15 is 0 Å². The maximum absolute atomic E-state index is 12.6. The lowest BCUT2D eigenvalue weighted by Gasteiger charge is -2.31. The van der Waals surface area contributed by atoms with Gasteiger partial charge in [0.2, 0.25) is 5.91 Å². The third kappa shape index (κ3) is 4.21. The molecule has 1 heterocycles. The van der Waals surface area contributed by atoms with Gasteiger partial charge in [0.15, 0.2) is 0 Å². The van der Waals surface area contributed by atoms with Crippen LogP contribution in [-0.4, -0.2) is 40.5 Å². The molecule has 2 amide bonds. The van der Waals surface area contributed by atoms with Crippen molar-refractivity contribution in [3.8, 4) is 0 Å². The van der Waals surface area contributed by atoms with Crippen molar-refractivity contribution in [2.45, 2.75) is 63.9 Å². The Kier molecular flexibility index (Phi) is 5.42. The first-order chi connectivity index (χ1) is 12.0. The van der Waals surface area contributed by atoms with Crippen molar-refractivity contribution in [3.63, 3.8) is 0 Å². The van der Waals surface area contributed by atoms with Gasteiger partial charge < -0.3 is 15.3 Å². The smallest absolute Gasteiger partial charge is 0.254 e. The van der Waals surface area contributed by atoms with Crippen LogP contribution in [0.25, 0.3) is 0 Å². The van der Waals surface area contributed by atoms with Gasteiger partial charge >= 0.3 is 0 Å². The molecule has 0 unspecified atom stereocenters. The second kappa shape index (κ2) is 7.56. The number of nitrogens with zero attached hydrogens (tertiary/aromatic N) is 1. The highest BCUT2D eigenvalue weighted by Gasteiger charge is 2.32. The summed E-state index contributed by atoms with van der Waals surface area (Å²) in [4.78, 5) is 26.9. The van der Waals surface area contributed by atoms with Gasteiger partial charge in [0.05, 0.1) is 12.0 Å². The summed E-state index contributed by atoms with van der Waals surface area (Å²) in [6.45, 7) is 3.48. The number of nitrogens with one attached hydrogen (secondary N) is 1. The first-order valence-corrected chi connectivity index (χ1v) is 9.40. The standard InChI is InChI=1S/C20H28N2O3/c1-15-16(19(24)22-12-5-6-13-22)8-7-9-17(15)21-18(23)14-20(25)10-3-2-4-11-20/h7-9,25H,2-6,10-14H2,1H3,(H,21,23). The summed E-state index contributed by atoms with van der Waals surface area (Å²) in [5.41, 5.74) is 1.23. The van der Waals surface area contributed by atoms with E-state index in [0.29, 0.717) is 24.1 Å². The van der Waals surface area contributed by atoms with Crippen LogP contribution in [0.5, 0.6) is 0 Å². The molecule has 1 aromatic carbocycles. The van der Waals surface area contributed by atoms with Crippen LogP contribution in [0.2, 0.25) is 0 Å². The van der Waals surface area contributed by atoms with E-state index < -0.39 is 5.60 Å². The van der Waals surface area contributed by atoms with Gasteiger partial charge in [-0.2, -0.15) is 0 Å². The molecule has 0 atom stereocenters. The van der Waals surface area contributed by atoms with Gasteiger partial charge in [-0.05, 0) is 50.3 Å². The third-order valence-corrected chi connectivity index (χ3v) is 5.51. The van der Waals surface area contributed by atoms with Crippen molar-refractivity contribution in [1.82, 2.24) is 4.90 Å². The normalized spacial score (nSPS) is 19.7. The molecule has 5 heteroatoms. The molecule has 1 saturated heterocycles. The Morgan fingerprint density at radius 1 is 1.12 bits per heavy atom. The van der Waals surface area contributed by atoms with Gasteiger partial charge in [0.25, 0.3) is 5.91 Å². The highest BCUT2D eigenvalue weighted by atomic mass is 16.3. The molecule has 2 N–H and O–H groups in total. The number of hydrogen-bond acceptors (Lipinski definition) is 3. The number of likely N-dealkylation sites (tertiary alicyclic amines) is 1. The van der Waals surface area contributed by atoms with E-state index in [2.05, 4.69) is 5.32 Å². The predicted octanol–water partition coefficient (Wildman–Crippen LogP) is 3.25. The summed E-state index contributed by atoms with van der Waals surface area (Å²) in [5, 5.41) is 13.5. The van der Waals surface area contributed by atoms with Crippen molar-refractivity contribution < 1.29 is 14.7 Å². The van der Waals surface area contributed by atoms with E-state index in [1.807, 2.05) is 24.0 Å². The highest BCUT2D eigenvalue weighted by Crippen LogP contribution is 2.31. The van der Waals surface area contributed by atoms with E-state index in [4.69, 9.17) is 0 Å². The van der Waals surface area contributed by atoms with Crippen LogP contribution in [0.4, 0.5) is 5.69 Å². The Hall–Kier alpha value is -1.88. The summed E-state index contributed by atoms with van der Waals surface area (Å²) in [6, 6.07) is 5.44. The van der Waals surface area contributed by atoms with Crippen molar-refractivity contribution in [1.29, 1.82) is 0 Å². The molecule has 1 aliphatic carbocycles. The molecule has 3 rings (SSSR count). The number of aliphatic hydroxyl groups is 1. The van der Waals surface area contributed by atoms with Crippen LogP contribution >= 0.6 is 0 Å². The highest BCUT2D eigenvalue weighted by molar-refractivity contribution is 5.99. The number of anilines is 1. The largest absolute Gasteiger partial charge is 0.389 e. The summed E-state index contributed by atoms with van der Waals surface area (Å²) in [6.07, 6.45) is 6.69. The molecule has 0 radical (unpaired) electrons. The van der Waals surface area contributed by atoms with Gasteiger partial charge in [0, 0.05) is 24.3 Å². The molecule has 25 heavy (non-hydrogen) atoms.